The zero-order valence-electron chi connectivity index (χ0n) is 11.4. The van der Waals surface area contributed by atoms with Crippen molar-refractivity contribution in [2.24, 2.45) is 0 Å². The van der Waals surface area contributed by atoms with Crippen LogP contribution in [0.25, 0.3) is 0 Å². The number of carbonyl (C=O) groups is 3. The quantitative estimate of drug-likeness (QED) is 0.497. The van der Waals surface area contributed by atoms with E-state index < -0.39 is 30.4 Å². The lowest BCUT2D eigenvalue weighted by Gasteiger charge is -2.15. The molecule has 1 aromatic rings. The summed E-state index contributed by atoms with van der Waals surface area (Å²) in [5.74, 6) is -2.71. The van der Waals surface area contributed by atoms with Gasteiger partial charge < -0.3 is 26.2 Å². The van der Waals surface area contributed by atoms with Gasteiger partial charge in [-0.2, -0.15) is 0 Å². The third-order valence-electron chi connectivity index (χ3n) is 2.61. The highest BCUT2D eigenvalue weighted by molar-refractivity contribution is 5.93. The van der Waals surface area contributed by atoms with Crippen LogP contribution >= 0.6 is 0 Å². The van der Waals surface area contributed by atoms with Gasteiger partial charge in [0.2, 0.25) is 0 Å². The van der Waals surface area contributed by atoms with E-state index in [0.29, 0.717) is 12.2 Å². The van der Waals surface area contributed by atoms with Gasteiger partial charge in [-0.05, 0) is 18.7 Å². The molecule has 0 aliphatic carbocycles. The van der Waals surface area contributed by atoms with Crippen LogP contribution in [-0.4, -0.2) is 41.3 Å². The summed E-state index contributed by atoms with van der Waals surface area (Å²) in [7, 11) is 1.75. The van der Waals surface area contributed by atoms with Crippen LogP contribution in [0.4, 0.5) is 10.5 Å². The Morgan fingerprint density at radius 3 is 2.43 bits per heavy atom. The van der Waals surface area contributed by atoms with Crippen molar-refractivity contribution in [2.45, 2.75) is 19.0 Å². The fourth-order valence-corrected chi connectivity index (χ4v) is 1.68. The van der Waals surface area contributed by atoms with Crippen molar-refractivity contribution in [3.8, 4) is 0 Å². The smallest absolute Gasteiger partial charge is 0.326 e. The van der Waals surface area contributed by atoms with Crippen LogP contribution in [0.3, 0.4) is 0 Å². The van der Waals surface area contributed by atoms with Gasteiger partial charge in [0.05, 0.1) is 6.42 Å². The lowest BCUT2D eigenvalue weighted by atomic mass is 10.1. The minimum absolute atomic E-state index is 0.517. The molecule has 1 aromatic carbocycles. The number of nitrogens with one attached hydrogen (secondary N) is 3. The molecule has 114 valence electrons. The highest BCUT2D eigenvalue weighted by Crippen LogP contribution is 2.14. The summed E-state index contributed by atoms with van der Waals surface area (Å²) in [4.78, 5) is 33.2. The lowest BCUT2D eigenvalue weighted by molar-refractivity contribution is -0.145. The van der Waals surface area contributed by atoms with Gasteiger partial charge >= 0.3 is 18.0 Å². The van der Waals surface area contributed by atoms with Crippen LogP contribution in [0.5, 0.6) is 0 Å². The molecular formula is C13H17N3O5. The number of carboxylic acid groups (broad SMARTS) is 2. The average Bonchev–Trinajstić information content (AvgIpc) is 2.40. The predicted octanol–water partition coefficient (Wildman–Crippen LogP) is 0.455. The first kappa shape index (κ1) is 16.4. The van der Waals surface area contributed by atoms with E-state index >= 15 is 0 Å². The largest absolute Gasteiger partial charge is 0.481 e. The van der Waals surface area contributed by atoms with Gasteiger partial charge in [-0.1, -0.05) is 18.2 Å². The first-order valence-corrected chi connectivity index (χ1v) is 6.18. The summed E-state index contributed by atoms with van der Waals surface area (Å²) in [6.07, 6.45) is -0.694. The third kappa shape index (κ3) is 5.49. The van der Waals surface area contributed by atoms with Crippen molar-refractivity contribution in [1.82, 2.24) is 10.6 Å². The summed E-state index contributed by atoms with van der Waals surface area (Å²) in [6.45, 7) is 0.522. The van der Waals surface area contributed by atoms with E-state index in [1.165, 1.54) is 0 Å². The van der Waals surface area contributed by atoms with Crippen molar-refractivity contribution >= 4 is 23.7 Å². The first-order chi connectivity index (χ1) is 9.93. The first-order valence-electron chi connectivity index (χ1n) is 6.18. The molecule has 0 aliphatic heterocycles. The fraction of sp³-hybridized carbons (Fsp3) is 0.308. The number of rotatable bonds is 7. The standard InChI is InChI=1S/C13H17N3O5/c1-14-7-8-4-2-3-5-9(8)15-13(21)16-10(12(19)20)6-11(17)18/h2-5,10,14H,6-7H2,1H3,(H,17,18)(H,19,20)(H2,15,16,21)/t10-/m1/s1. The van der Waals surface area contributed by atoms with Crippen molar-refractivity contribution in [1.29, 1.82) is 0 Å². The zero-order chi connectivity index (χ0) is 15.8. The summed E-state index contributed by atoms with van der Waals surface area (Å²) in [5.41, 5.74) is 1.34. The van der Waals surface area contributed by atoms with Crippen LogP contribution in [-0.2, 0) is 16.1 Å². The van der Waals surface area contributed by atoms with E-state index in [0.717, 1.165) is 5.56 Å². The fourth-order valence-electron chi connectivity index (χ4n) is 1.68. The highest BCUT2D eigenvalue weighted by atomic mass is 16.4. The van der Waals surface area contributed by atoms with Crippen LogP contribution in [0, 0.1) is 0 Å². The molecule has 0 radical (unpaired) electrons. The summed E-state index contributed by atoms with van der Waals surface area (Å²) in [5, 5.41) is 25.0. The number of anilines is 1. The molecule has 2 amide bonds. The highest BCUT2D eigenvalue weighted by Gasteiger charge is 2.23. The summed E-state index contributed by atoms with van der Waals surface area (Å²) in [6, 6.07) is 4.74. The second-order valence-electron chi connectivity index (χ2n) is 4.27. The number of hydrogen-bond acceptors (Lipinski definition) is 4. The minimum atomic E-state index is -1.49. The maximum Gasteiger partial charge on any atom is 0.326 e. The molecule has 5 N–H and O–H groups in total. The number of urea groups is 1. The number of aliphatic carboxylic acids is 2. The van der Waals surface area contributed by atoms with E-state index in [1.807, 2.05) is 0 Å². The Labute approximate surface area is 121 Å². The number of amides is 2. The molecule has 1 atom stereocenters. The molecule has 21 heavy (non-hydrogen) atoms. The second-order valence-corrected chi connectivity index (χ2v) is 4.27. The second kappa shape index (κ2) is 7.85. The number of benzene rings is 1. The number of para-hydroxylation sites is 1. The molecule has 0 spiro atoms. The predicted molar refractivity (Wildman–Crippen MR) is 75.0 cm³/mol. The van der Waals surface area contributed by atoms with Gasteiger partial charge in [-0.15, -0.1) is 0 Å². The Balaban J connectivity index is 2.72. The maximum atomic E-state index is 11.8. The van der Waals surface area contributed by atoms with Crippen LogP contribution in [0.15, 0.2) is 24.3 Å². The SMILES string of the molecule is CNCc1ccccc1NC(=O)N[C@H](CC(=O)O)C(=O)O. The van der Waals surface area contributed by atoms with E-state index in [4.69, 9.17) is 10.2 Å². The van der Waals surface area contributed by atoms with Crippen molar-refractivity contribution < 1.29 is 24.6 Å². The van der Waals surface area contributed by atoms with Gasteiger partial charge in [0.1, 0.15) is 6.04 Å². The van der Waals surface area contributed by atoms with E-state index in [9.17, 15) is 14.4 Å². The van der Waals surface area contributed by atoms with Gasteiger partial charge in [0.15, 0.2) is 0 Å². The number of carbonyl (C=O) groups excluding carboxylic acids is 1. The minimum Gasteiger partial charge on any atom is -0.481 e. The molecule has 0 heterocycles. The van der Waals surface area contributed by atoms with Gasteiger partial charge in [-0.25, -0.2) is 9.59 Å². The lowest BCUT2D eigenvalue weighted by Crippen LogP contribution is -2.44. The maximum absolute atomic E-state index is 11.8. The molecule has 0 unspecified atom stereocenters. The topological polar surface area (TPSA) is 128 Å². The van der Waals surface area contributed by atoms with Gasteiger partial charge in [-0.3, -0.25) is 4.79 Å². The van der Waals surface area contributed by atoms with Crippen molar-refractivity contribution in [2.75, 3.05) is 12.4 Å². The molecule has 8 heteroatoms. The zero-order valence-corrected chi connectivity index (χ0v) is 11.4. The molecule has 1 rings (SSSR count). The Morgan fingerprint density at radius 2 is 1.86 bits per heavy atom. The van der Waals surface area contributed by atoms with E-state index in [1.54, 1.807) is 31.3 Å². The summed E-state index contributed by atoms with van der Waals surface area (Å²) >= 11 is 0. The third-order valence-corrected chi connectivity index (χ3v) is 2.61. The average molecular weight is 295 g/mol. The molecule has 0 saturated carbocycles. The van der Waals surface area contributed by atoms with Crippen molar-refractivity contribution in [3.63, 3.8) is 0 Å². The summed E-state index contributed by atoms with van der Waals surface area (Å²) < 4.78 is 0. The Morgan fingerprint density at radius 1 is 1.19 bits per heavy atom. The monoisotopic (exact) mass is 295 g/mol. The van der Waals surface area contributed by atoms with E-state index in [2.05, 4.69) is 16.0 Å². The molecule has 0 aromatic heterocycles. The van der Waals surface area contributed by atoms with Gasteiger partial charge in [0, 0.05) is 12.2 Å². The molecule has 0 saturated heterocycles. The van der Waals surface area contributed by atoms with Crippen LogP contribution in [0.1, 0.15) is 12.0 Å². The molecular weight excluding hydrogens is 278 g/mol. The van der Waals surface area contributed by atoms with Crippen LogP contribution < -0.4 is 16.0 Å². The van der Waals surface area contributed by atoms with Crippen LogP contribution in [0.2, 0.25) is 0 Å². The number of carboxylic acids is 2. The Kier molecular flexibility index (Phi) is 6.15. The molecule has 8 nitrogen and oxygen atoms in total. The molecule has 0 aliphatic rings. The van der Waals surface area contributed by atoms with Crippen molar-refractivity contribution in [3.05, 3.63) is 29.8 Å². The molecule has 0 bridgehead atoms. The van der Waals surface area contributed by atoms with E-state index in [-0.39, 0.29) is 0 Å². The molecule has 0 fully saturated rings. The Hall–Kier alpha value is -2.61. The Bertz CT molecular complexity index is 532. The number of hydrogen-bond donors (Lipinski definition) is 5. The normalized spacial score (nSPS) is 11.5. The van der Waals surface area contributed by atoms with Gasteiger partial charge in [0.25, 0.3) is 0 Å².